The van der Waals surface area contributed by atoms with Crippen molar-refractivity contribution in [2.45, 2.75) is 50.3 Å². The predicted molar refractivity (Wildman–Crippen MR) is 63.2 cm³/mol. The maximum absolute atomic E-state index is 12.0. The minimum atomic E-state index is -3.61. The molecule has 18 heavy (non-hydrogen) atoms. The largest absolute Gasteiger partial charge is 0.481 e. The molecular weight excluding hydrogens is 258 g/mol. The van der Waals surface area contributed by atoms with E-state index in [4.69, 9.17) is 5.11 Å². The third-order valence-electron chi connectivity index (χ3n) is 3.95. The SMILES string of the molecule is CC1(C)C(=O)N(C2CCCC(C(=O)O)C2)S1(=O)=O. The van der Waals surface area contributed by atoms with Gasteiger partial charge >= 0.3 is 5.97 Å². The highest BCUT2D eigenvalue weighted by molar-refractivity contribution is 7.94. The topological polar surface area (TPSA) is 91.8 Å². The van der Waals surface area contributed by atoms with Gasteiger partial charge in [0.25, 0.3) is 15.9 Å². The van der Waals surface area contributed by atoms with Gasteiger partial charge < -0.3 is 5.11 Å². The zero-order valence-electron chi connectivity index (χ0n) is 10.4. The molecule has 2 unspecified atom stereocenters. The molecule has 1 aliphatic heterocycles. The summed E-state index contributed by atoms with van der Waals surface area (Å²) >= 11 is 0. The van der Waals surface area contributed by atoms with Gasteiger partial charge in [0.1, 0.15) is 0 Å². The van der Waals surface area contributed by atoms with Crippen LogP contribution in [0.4, 0.5) is 0 Å². The van der Waals surface area contributed by atoms with Crippen molar-refractivity contribution in [2.24, 2.45) is 5.92 Å². The minimum absolute atomic E-state index is 0.233. The van der Waals surface area contributed by atoms with Crippen LogP contribution in [-0.4, -0.2) is 40.5 Å². The Bertz CT molecular complexity index is 496. The van der Waals surface area contributed by atoms with Crippen molar-refractivity contribution in [2.75, 3.05) is 0 Å². The Hall–Kier alpha value is -1.11. The molecule has 0 bridgehead atoms. The maximum atomic E-state index is 12.0. The zero-order chi connectivity index (χ0) is 13.7. The van der Waals surface area contributed by atoms with Crippen LogP contribution in [0.3, 0.4) is 0 Å². The van der Waals surface area contributed by atoms with Gasteiger partial charge in [0, 0.05) is 6.04 Å². The highest BCUT2D eigenvalue weighted by Gasteiger charge is 2.62. The lowest BCUT2D eigenvalue weighted by atomic mass is 9.85. The zero-order valence-corrected chi connectivity index (χ0v) is 11.2. The molecule has 1 saturated carbocycles. The molecule has 0 aromatic heterocycles. The van der Waals surface area contributed by atoms with E-state index in [1.54, 1.807) is 0 Å². The maximum Gasteiger partial charge on any atom is 0.306 e. The van der Waals surface area contributed by atoms with E-state index in [-0.39, 0.29) is 6.42 Å². The molecule has 6 nitrogen and oxygen atoms in total. The fraction of sp³-hybridized carbons (Fsp3) is 0.818. The number of nitrogens with zero attached hydrogens (tertiary/aromatic N) is 1. The van der Waals surface area contributed by atoms with Crippen LogP contribution in [0.1, 0.15) is 39.5 Å². The van der Waals surface area contributed by atoms with Gasteiger partial charge in [-0.15, -0.1) is 0 Å². The summed E-state index contributed by atoms with van der Waals surface area (Å²) in [6.07, 6.45) is 1.99. The summed E-state index contributed by atoms with van der Waals surface area (Å²) in [5, 5.41) is 8.97. The van der Waals surface area contributed by atoms with Crippen LogP contribution in [-0.2, 0) is 19.6 Å². The first-order valence-corrected chi connectivity index (χ1v) is 7.45. The number of carbonyl (C=O) groups is 2. The molecule has 2 rings (SSSR count). The van der Waals surface area contributed by atoms with Crippen LogP contribution in [0.5, 0.6) is 0 Å². The van der Waals surface area contributed by atoms with Crippen molar-refractivity contribution < 1.29 is 23.1 Å². The Labute approximate surface area is 106 Å². The summed E-state index contributed by atoms with van der Waals surface area (Å²) < 4.78 is 23.6. The number of amides is 1. The normalized spacial score (nSPS) is 33.9. The van der Waals surface area contributed by atoms with Gasteiger partial charge in [-0.25, -0.2) is 12.7 Å². The smallest absolute Gasteiger partial charge is 0.306 e. The highest BCUT2D eigenvalue weighted by Crippen LogP contribution is 2.41. The summed E-state index contributed by atoms with van der Waals surface area (Å²) in [7, 11) is -3.61. The Balaban J connectivity index is 2.19. The number of rotatable bonds is 2. The van der Waals surface area contributed by atoms with Crippen molar-refractivity contribution in [1.29, 1.82) is 0 Å². The first kappa shape index (κ1) is 13.3. The van der Waals surface area contributed by atoms with E-state index in [2.05, 4.69) is 0 Å². The lowest BCUT2D eigenvalue weighted by molar-refractivity contribution is -0.145. The molecule has 2 fully saturated rings. The second kappa shape index (κ2) is 3.94. The van der Waals surface area contributed by atoms with Gasteiger partial charge in [-0.05, 0) is 33.1 Å². The molecule has 2 aliphatic rings. The number of hydrogen-bond acceptors (Lipinski definition) is 4. The van der Waals surface area contributed by atoms with Crippen LogP contribution in [0.15, 0.2) is 0 Å². The number of sulfonamides is 1. The number of aliphatic carboxylic acids is 1. The first-order chi connectivity index (χ1) is 8.19. The monoisotopic (exact) mass is 275 g/mol. The molecule has 0 radical (unpaired) electrons. The van der Waals surface area contributed by atoms with Gasteiger partial charge in [-0.3, -0.25) is 9.59 Å². The second-order valence-corrected chi connectivity index (χ2v) is 7.84. The van der Waals surface area contributed by atoms with Gasteiger partial charge in [-0.2, -0.15) is 0 Å². The number of hydrogen-bond donors (Lipinski definition) is 1. The average Bonchev–Trinajstić information content (AvgIpc) is 2.29. The molecule has 0 aromatic rings. The summed E-state index contributed by atoms with van der Waals surface area (Å²) in [6, 6.07) is -0.481. The molecule has 7 heteroatoms. The number of carboxylic acids is 1. The standard InChI is InChI=1S/C11H17NO5S/c1-11(2)10(15)12(18(11,16)17)8-5-3-4-7(6-8)9(13)14/h7-8H,3-6H2,1-2H3,(H,13,14). The first-order valence-electron chi connectivity index (χ1n) is 6.01. The summed E-state index contributed by atoms with van der Waals surface area (Å²) in [5.41, 5.74) is 0. The lowest BCUT2D eigenvalue weighted by Crippen LogP contribution is -2.70. The molecular formula is C11H17NO5S. The number of carboxylic acid groups (broad SMARTS) is 1. The van der Waals surface area contributed by atoms with E-state index in [0.29, 0.717) is 19.3 Å². The second-order valence-electron chi connectivity index (χ2n) is 5.47. The van der Waals surface area contributed by atoms with Crippen molar-refractivity contribution in [3.8, 4) is 0 Å². The van der Waals surface area contributed by atoms with Crippen molar-refractivity contribution in [1.82, 2.24) is 4.31 Å². The Morgan fingerprint density at radius 3 is 2.50 bits per heavy atom. The van der Waals surface area contributed by atoms with E-state index >= 15 is 0 Å². The summed E-state index contributed by atoms with van der Waals surface area (Å²) in [4.78, 5) is 22.8. The molecule has 1 N–H and O–H groups in total. The third-order valence-corrected chi connectivity index (χ3v) is 6.39. The molecule has 1 amide bonds. The molecule has 102 valence electrons. The van der Waals surface area contributed by atoms with Gasteiger partial charge in [0.2, 0.25) is 0 Å². The predicted octanol–water partition coefficient (Wildman–Crippen LogP) is 0.580. The Morgan fingerprint density at radius 2 is 2.00 bits per heavy atom. The molecule has 1 aliphatic carbocycles. The van der Waals surface area contributed by atoms with Crippen LogP contribution >= 0.6 is 0 Å². The summed E-state index contributed by atoms with van der Waals surface area (Å²) in [5.74, 6) is -1.88. The van der Waals surface area contributed by atoms with Crippen molar-refractivity contribution in [3.05, 3.63) is 0 Å². The molecule has 1 heterocycles. The van der Waals surface area contributed by atoms with Crippen LogP contribution in [0.25, 0.3) is 0 Å². The van der Waals surface area contributed by atoms with Crippen LogP contribution in [0, 0.1) is 5.92 Å². The Kier molecular flexibility index (Phi) is 2.92. The van der Waals surface area contributed by atoms with E-state index in [9.17, 15) is 18.0 Å². The summed E-state index contributed by atoms with van der Waals surface area (Å²) in [6.45, 7) is 2.78. The van der Waals surface area contributed by atoms with Gasteiger partial charge in [-0.1, -0.05) is 6.42 Å². The third kappa shape index (κ3) is 1.64. The van der Waals surface area contributed by atoms with E-state index in [1.165, 1.54) is 13.8 Å². The van der Waals surface area contributed by atoms with Crippen molar-refractivity contribution in [3.63, 3.8) is 0 Å². The lowest BCUT2D eigenvalue weighted by Gasteiger charge is -2.48. The van der Waals surface area contributed by atoms with E-state index < -0.39 is 38.6 Å². The van der Waals surface area contributed by atoms with Gasteiger partial charge in [0.15, 0.2) is 4.75 Å². The van der Waals surface area contributed by atoms with Gasteiger partial charge in [0.05, 0.1) is 5.92 Å². The molecule has 0 spiro atoms. The van der Waals surface area contributed by atoms with Crippen molar-refractivity contribution >= 4 is 21.9 Å². The average molecular weight is 275 g/mol. The number of carbonyl (C=O) groups excluding carboxylic acids is 1. The van der Waals surface area contributed by atoms with E-state index in [1.807, 2.05) is 0 Å². The van der Waals surface area contributed by atoms with Crippen LogP contribution in [0.2, 0.25) is 0 Å². The Morgan fingerprint density at radius 1 is 1.39 bits per heavy atom. The molecule has 0 aromatic carbocycles. The van der Waals surface area contributed by atoms with E-state index in [0.717, 1.165) is 4.31 Å². The highest BCUT2D eigenvalue weighted by atomic mass is 32.2. The quantitative estimate of drug-likeness (QED) is 0.796. The molecule has 1 saturated heterocycles. The molecule has 2 atom stereocenters. The van der Waals surface area contributed by atoms with Crippen LogP contribution < -0.4 is 0 Å². The fourth-order valence-electron chi connectivity index (χ4n) is 2.66. The minimum Gasteiger partial charge on any atom is -0.481 e. The fourth-order valence-corrected chi connectivity index (χ4v) is 4.36.